The van der Waals surface area contributed by atoms with E-state index in [9.17, 15) is 0 Å². The summed E-state index contributed by atoms with van der Waals surface area (Å²) in [6.45, 7) is 0. The Kier molecular flexibility index (Phi) is 2.42. The van der Waals surface area contributed by atoms with Crippen LogP contribution in [0.3, 0.4) is 0 Å². The normalized spacial score (nSPS) is 17.4. The summed E-state index contributed by atoms with van der Waals surface area (Å²) in [5, 5.41) is 4.27. The summed E-state index contributed by atoms with van der Waals surface area (Å²) < 4.78 is 1.15. The first kappa shape index (κ1) is 10.5. The van der Waals surface area contributed by atoms with E-state index in [1.54, 1.807) is 11.3 Å². The smallest absolute Gasteiger partial charge is 0.0510 e. The van der Waals surface area contributed by atoms with Crippen LogP contribution < -0.4 is 5.73 Å². The molecule has 1 heterocycles. The number of nitrogens with two attached hydrogens (primary N) is 1. The summed E-state index contributed by atoms with van der Waals surface area (Å²) >= 11 is 5.29. The zero-order valence-corrected chi connectivity index (χ0v) is 11.1. The van der Waals surface area contributed by atoms with Gasteiger partial charge in [-0.1, -0.05) is 24.3 Å². The van der Waals surface area contributed by atoms with Gasteiger partial charge < -0.3 is 5.73 Å². The number of thiophene rings is 1. The standard InChI is InChI=1S/C13H12BrNS/c14-12-8-16-7-11(12)13(15)5-9-3-1-2-4-10(9)6-13/h1-4,7-8H,5-6,15H2. The summed E-state index contributed by atoms with van der Waals surface area (Å²) in [5.74, 6) is 0. The minimum absolute atomic E-state index is 0.220. The van der Waals surface area contributed by atoms with Gasteiger partial charge in [0, 0.05) is 9.85 Å². The molecule has 82 valence electrons. The van der Waals surface area contributed by atoms with Gasteiger partial charge in [0.2, 0.25) is 0 Å². The molecule has 1 aliphatic rings. The Morgan fingerprint density at radius 1 is 1.12 bits per heavy atom. The molecule has 0 amide bonds. The fourth-order valence-corrected chi connectivity index (χ4v) is 4.27. The topological polar surface area (TPSA) is 26.0 Å². The zero-order chi connectivity index (χ0) is 11.2. The maximum absolute atomic E-state index is 6.55. The molecular weight excluding hydrogens is 282 g/mol. The van der Waals surface area contributed by atoms with Gasteiger partial charge in [-0.05, 0) is 50.8 Å². The average molecular weight is 294 g/mol. The molecule has 3 heteroatoms. The first-order valence-corrected chi connectivity index (χ1v) is 7.00. The maximum atomic E-state index is 6.55. The van der Waals surface area contributed by atoms with Crippen LogP contribution in [0.4, 0.5) is 0 Å². The Morgan fingerprint density at radius 2 is 1.75 bits per heavy atom. The summed E-state index contributed by atoms with van der Waals surface area (Å²) in [6, 6.07) is 8.55. The Bertz CT molecular complexity index is 507. The van der Waals surface area contributed by atoms with Gasteiger partial charge in [-0.25, -0.2) is 0 Å². The molecule has 0 aliphatic heterocycles. The molecule has 3 rings (SSSR count). The molecule has 0 saturated heterocycles. The third kappa shape index (κ3) is 1.54. The number of rotatable bonds is 1. The van der Waals surface area contributed by atoms with Gasteiger partial charge in [0.25, 0.3) is 0 Å². The minimum Gasteiger partial charge on any atom is -0.321 e. The van der Waals surface area contributed by atoms with E-state index >= 15 is 0 Å². The fraction of sp³-hybridized carbons (Fsp3) is 0.231. The highest BCUT2D eigenvalue weighted by Crippen LogP contribution is 2.40. The van der Waals surface area contributed by atoms with Gasteiger partial charge >= 0.3 is 0 Å². The van der Waals surface area contributed by atoms with Gasteiger partial charge in [-0.2, -0.15) is 11.3 Å². The lowest BCUT2D eigenvalue weighted by atomic mass is 9.90. The van der Waals surface area contributed by atoms with Crippen molar-refractivity contribution < 1.29 is 0 Å². The molecule has 0 saturated carbocycles. The molecule has 0 atom stereocenters. The SMILES string of the molecule is NC1(c2cscc2Br)Cc2ccccc2C1. The van der Waals surface area contributed by atoms with E-state index in [0.717, 1.165) is 17.3 Å². The zero-order valence-electron chi connectivity index (χ0n) is 8.74. The molecule has 0 spiro atoms. The van der Waals surface area contributed by atoms with E-state index in [4.69, 9.17) is 5.73 Å². The average Bonchev–Trinajstić information content (AvgIpc) is 2.81. The molecule has 0 bridgehead atoms. The van der Waals surface area contributed by atoms with Crippen molar-refractivity contribution in [3.05, 3.63) is 56.2 Å². The van der Waals surface area contributed by atoms with Crippen LogP contribution >= 0.6 is 27.3 Å². The fourth-order valence-electron chi connectivity index (χ4n) is 2.47. The number of hydrogen-bond acceptors (Lipinski definition) is 2. The summed E-state index contributed by atoms with van der Waals surface area (Å²) in [4.78, 5) is 0. The molecule has 2 aromatic rings. The lowest BCUT2D eigenvalue weighted by Gasteiger charge is -2.23. The third-order valence-corrected chi connectivity index (χ3v) is 4.98. The summed E-state index contributed by atoms with van der Waals surface area (Å²) in [7, 11) is 0. The highest BCUT2D eigenvalue weighted by Gasteiger charge is 2.36. The number of hydrogen-bond donors (Lipinski definition) is 1. The summed E-state index contributed by atoms with van der Waals surface area (Å²) in [5.41, 5.74) is 10.4. The van der Waals surface area contributed by atoms with Crippen molar-refractivity contribution >= 4 is 27.3 Å². The molecule has 1 aliphatic carbocycles. The van der Waals surface area contributed by atoms with Crippen molar-refractivity contribution in [2.24, 2.45) is 5.73 Å². The summed E-state index contributed by atoms with van der Waals surface area (Å²) in [6.07, 6.45) is 1.89. The van der Waals surface area contributed by atoms with Crippen LogP contribution in [0.5, 0.6) is 0 Å². The highest BCUT2D eigenvalue weighted by atomic mass is 79.9. The van der Waals surface area contributed by atoms with Gasteiger partial charge in [-0.3, -0.25) is 0 Å². The van der Waals surface area contributed by atoms with Crippen molar-refractivity contribution in [2.45, 2.75) is 18.4 Å². The van der Waals surface area contributed by atoms with Crippen LogP contribution in [-0.2, 0) is 18.4 Å². The Labute approximate surface area is 107 Å². The maximum Gasteiger partial charge on any atom is 0.0510 e. The second-order valence-corrected chi connectivity index (χ2v) is 6.01. The first-order chi connectivity index (χ1) is 7.69. The Hall–Kier alpha value is -0.640. The first-order valence-electron chi connectivity index (χ1n) is 5.27. The van der Waals surface area contributed by atoms with Crippen molar-refractivity contribution in [3.8, 4) is 0 Å². The lowest BCUT2D eigenvalue weighted by Crippen LogP contribution is -2.37. The second kappa shape index (κ2) is 3.69. The van der Waals surface area contributed by atoms with Crippen molar-refractivity contribution in [1.82, 2.24) is 0 Å². The Balaban J connectivity index is 2.04. The highest BCUT2D eigenvalue weighted by molar-refractivity contribution is 9.10. The van der Waals surface area contributed by atoms with Crippen molar-refractivity contribution in [2.75, 3.05) is 0 Å². The molecule has 0 fully saturated rings. The molecule has 1 nitrogen and oxygen atoms in total. The monoisotopic (exact) mass is 293 g/mol. The number of fused-ring (bicyclic) bond motifs is 1. The van der Waals surface area contributed by atoms with E-state index in [-0.39, 0.29) is 5.54 Å². The molecule has 16 heavy (non-hydrogen) atoms. The predicted octanol–water partition coefficient (Wildman–Crippen LogP) is 3.46. The lowest BCUT2D eigenvalue weighted by molar-refractivity contribution is 0.472. The van der Waals surface area contributed by atoms with E-state index in [2.05, 4.69) is 51.0 Å². The number of benzene rings is 1. The van der Waals surface area contributed by atoms with Crippen molar-refractivity contribution in [1.29, 1.82) is 0 Å². The largest absolute Gasteiger partial charge is 0.321 e. The third-order valence-electron chi connectivity index (χ3n) is 3.28. The Morgan fingerprint density at radius 3 is 2.25 bits per heavy atom. The number of halogens is 1. The predicted molar refractivity (Wildman–Crippen MR) is 71.7 cm³/mol. The van der Waals surface area contributed by atoms with Gasteiger partial charge in [0.15, 0.2) is 0 Å². The molecule has 0 unspecified atom stereocenters. The quantitative estimate of drug-likeness (QED) is 0.856. The molecule has 1 aromatic carbocycles. The van der Waals surface area contributed by atoms with Gasteiger partial charge in [0.05, 0.1) is 5.54 Å². The van der Waals surface area contributed by atoms with Crippen LogP contribution in [0, 0.1) is 0 Å². The van der Waals surface area contributed by atoms with E-state index in [1.807, 2.05) is 0 Å². The van der Waals surface area contributed by atoms with Crippen LogP contribution in [0.2, 0.25) is 0 Å². The van der Waals surface area contributed by atoms with Crippen LogP contribution in [0.15, 0.2) is 39.5 Å². The second-order valence-electron chi connectivity index (χ2n) is 4.41. The molecule has 0 radical (unpaired) electrons. The van der Waals surface area contributed by atoms with Gasteiger partial charge in [-0.15, -0.1) is 0 Å². The van der Waals surface area contributed by atoms with Crippen LogP contribution in [0.1, 0.15) is 16.7 Å². The van der Waals surface area contributed by atoms with E-state index < -0.39 is 0 Å². The van der Waals surface area contributed by atoms with E-state index in [0.29, 0.717) is 0 Å². The molecular formula is C13H12BrNS. The molecule has 1 aromatic heterocycles. The van der Waals surface area contributed by atoms with Crippen molar-refractivity contribution in [3.63, 3.8) is 0 Å². The van der Waals surface area contributed by atoms with E-state index in [1.165, 1.54) is 16.7 Å². The van der Waals surface area contributed by atoms with Gasteiger partial charge in [0.1, 0.15) is 0 Å². The van der Waals surface area contributed by atoms with Crippen LogP contribution in [-0.4, -0.2) is 0 Å². The minimum atomic E-state index is -0.220. The molecule has 2 N–H and O–H groups in total. The van der Waals surface area contributed by atoms with Crippen LogP contribution in [0.25, 0.3) is 0 Å².